The standard InChI is InChI=1S/C13H11BrFNO2/c1-17-10-4-2-9(3-5-10)8-18-12-6-13(14)16-7-11(12)15/h2-7H,8H2,1H3. The third-order valence-corrected chi connectivity index (χ3v) is 2.77. The minimum absolute atomic E-state index is 0.174. The number of rotatable bonds is 4. The van der Waals surface area contributed by atoms with Gasteiger partial charge in [-0.25, -0.2) is 9.37 Å². The zero-order valence-electron chi connectivity index (χ0n) is 9.69. The molecule has 0 aliphatic heterocycles. The second-order valence-corrected chi connectivity index (χ2v) is 4.39. The Hall–Kier alpha value is -1.62. The summed E-state index contributed by atoms with van der Waals surface area (Å²) in [6, 6.07) is 8.90. The summed E-state index contributed by atoms with van der Waals surface area (Å²) in [5.74, 6) is 0.469. The van der Waals surface area contributed by atoms with Crippen molar-refractivity contribution < 1.29 is 13.9 Å². The van der Waals surface area contributed by atoms with E-state index in [4.69, 9.17) is 9.47 Å². The minimum Gasteiger partial charge on any atom is -0.497 e. The Kier molecular flexibility index (Phi) is 4.15. The molecule has 2 aromatic rings. The number of hydrogen-bond donors (Lipinski definition) is 0. The lowest BCUT2D eigenvalue weighted by molar-refractivity contribution is 0.289. The van der Waals surface area contributed by atoms with Crippen molar-refractivity contribution in [1.82, 2.24) is 4.98 Å². The van der Waals surface area contributed by atoms with Crippen LogP contribution in [0.3, 0.4) is 0 Å². The highest BCUT2D eigenvalue weighted by atomic mass is 79.9. The molecule has 0 spiro atoms. The lowest BCUT2D eigenvalue weighted by Gasteiger charge is -2.08. The summed E-state index contributed by atoms with van der Waals surface area (Å²) < 4.78 is 24.3. The van der Waals surface area contributed by atoms with Crippen molar-refractivity contribution in [2.45, 2.75) is 6.61 Å². The fourth-order valence-corrected chi connectivity index (χ4v) is 1.70. The number of pyridine rings is 1. The van der Waals surface area contributed by atoms with Crippen molar-refractivity contribution in [3.63, 3.8) is 0 Å². The molecular formula is C13H11BrFNO2. The summed E-state index contributed by atoms with van der Waals surface area (Å²) in [6.45, 7) is 0.289. The molecule has 0 aliphatic carbocycles. The Morgan fingerprint density at radius 1 is 1.28 bits per heavy atom. The van der Waals surface area contributed by atoms with Crippen LogP contribution in [0, 0.1) is 5.82 Å². The van der Waals surface area contributed by atoms with Crippen LogP contribution in [0.1, 0.15) is 5.56 Å². The lowest BCUT2D eigenvalue weighted by atomic mass is 10.2. The number of hydrogen-bond acceptors (Lipinski definition) is 3. The summed E-state index contributed by atoms with van der Waals surface area (Å²) in [5.41, 5.74) is 0.933. The van der Waals surface area contributed by atoms with E-state index in [2.05, 4.69) is 20.9 Å². The van der Waals surface area contributed by atoms with Crippen LogP contribution in [-0.4, -0.2) is 12.1 Å². The van der Waals surface area contributed by atoms with Gasteiger partial charge in [-0.1, -0.05) is 12.1 Å². The van der Waals surface area contributed by atoms with Crippen LogP contribution in [0.15, 0.2) is 41.1 Å². The first-order valence-electron chi connectivity index (χ1n) is 5.26. The zero-order chi connectivity index (χ0) is 13.0. The molecule has 0 N–H and O–H groups in total. The van der Waals surface area contributed by atoms with Crippen LogP contribution in [-0.2, 0) is 6.61 Å². The molecule has 18 heavy (non-hydrogen) atoms. The van der Waals surface area contributed by atoms with E-state index in [0.717, 1.165) is 17.5 Å². The first-order valence-corrected chi connectivity index (χ1v) is 6.05. The van der Waals surface area contributed by atoms with Crippen LogP contribution < -0.4 is 9.47 Å². The van der Waals surface area contributed by atoms with Gasteiger partial charge >= 0.3 is 0 Å². The molecule has 94 valence electrons. The van der Waals surface area contributed by atoms with Gasteiger partial charge in [0.25, 0.3) is 0 Å². The Morgan fingerprint density at radius 2 is 2.00 bits per heavy atom. The number of methoxy groups -OCH3 is 1. The molecule has 0 saturated heterocycles. The maximum atomic E-state index is 13.4. The van der Waals surface area contributed by atoms with E-state index < -0.39 is 5.82 Å². The number of aromatic nitrogens is 1. The van der Waals surface area contributed by atoms with Crippen LogP contribution in [0.5, 0.6) is 11.5 Å². The average Bonchev–Trinajstić information content (AvgIpc) is 2.40. The Balaban J connectivity index is 2.04. The van der Waals surface area contributed by atoms with Crippen molar-refractivity contribution in [3.05, 3.63) is 52.5 Å². The van der Waals surface area contributed by atoms with Crippen molar-refractivity contribution in [3.8, 4) is 11.5 Å². The summed E-state index contributed by atoms with van der Waals surface area (Å²) in [6.07, 6.45) is 1.12. The van der Waals surface area contributed by atoms with Crippen LogP contribution in [0.2, 0.25) is 0 Å². The first kappa shape index (κ1) is 12.8. The molecule has 0 radical (unpaired) electrons. The van der Waals surface area contributed by atoms with Crippen molar-refractivity contribution in [1.29, 1.82) is 0 Å². The van der Waals surface area contributed by atoms with Gasteiger partial charge in [0.15, 0.2) is 11.6 Å². The number of nitrogens with zero attached hydrogens (tertiary/aromatic N) is 1. The summed E-state index contributed by atoms with van der Waals surface area (Å²) in [7, 11) is 1.61. The van der Waals surface area contributed by atoms with Gasteiger partial charge in [-0.05, 0) is 33.6 Å². The molecule has 0 amide bonds. The molecule has 0 bridgehead atoms. The van der Waals surface area contributed by atoms with Gasteiger partial charge in [0, 0.05) is 6.07 Å². The van der Waals surface area contributed by atoms with Gasteiger partial charge in [0.1, 0.15) is 17.0 Å². The van der Waals surface area contributed by atoms with Crippen molar-refractivity contribution in [2.24, 2.45) is 0 Å². The third kappa shape index (κ3) is 3.20. The first-order chi connectivity index (χ1) is 8.69. The van der Waals surface area contributed by atoms with E-state index in [1.807, 2.05) is 24.3 Å². The van der Waals surface area contributed by atoms with Crippen LogP contribution >= 0.6 is 15.9 Å². The minimum atomic E-state index is -0.480. The fraction of sp³-hybridized carbons (Fsp3) is 0.154. The molecule has 0 saturated carbocycles. The summed E-state index contributed by atoms with van der Waals surface area (Å²) >= 11 is 3.17. The van der Waals surface area contributed by atoms with Crippen molar-refractivity contribution >= 4 is 15.9 Å². The second kappa shape index (κ2) is 5.82. The molecule has 0 unspecified atom stereocenters. The SMILES string of the molecule is COc1ccc(COc2cc(Br)ncc2F)cc1. The molecule has 5 heteroatoms. The molecule has 0 aliphatic rings. The van der Waals surface area contributed by atoms with Gasteiger partial charge in [-0.3, -0.25) is 0 Å². The molecule has 0 fully saturated rings. The van der Waals surface area contributed by atoms with E-state index in [1.165, 1.54) is 6.07 Å². The highest BCUT2D eigenvalue weighted by Gasteiger charge is 2.05. The monoisotopic (exact) mass is 311 g/mol. The molecule has 2 rings (SSSR count). The summed E-state index contributed by atoms with van der Waals surface area (Å²) in [5, 5.41) is 0. The molecule has 1 aromatic heterocycles. The largest absolute Gasteiger partial charge is 0.497 e. The highest BCUT2D eigenvalue weighted by molar-refractivity contribution is 9.10. The van der Waals surface area contributed by atoms with Gasteiger partial charge in [0.2, 0.25) is 0 Å². The average molecular weight is 312 g/mol. The Labute approximate surface area is 113 Å². The Morgan fingerprint density at radius 3 is 2.67 bits per heavy atom. The highest BCUT2D eigenvalue weighted by Crippen LogP contribution is 2.21. The van der Waals surface area contributed by atoms with E-state index in [0.29, 0.717) is 4.60 Å². The number of benzene rings is 1. The van der Waals surface area contributed by atoms with E-state index >= 15 is 0 Å². The van der Waals surface area contributed by atoms with Gasteiger partial charge in [-0.15, -0.1) is 0 Å². The maximum absolute atomic E-state index is 13.4. The van der Waals surface area contributed by atoms with Gasteiger partial charge in [0.05, 0.1) is 13.3 Å². The van der Waals surface area contributed by atoms with Crippen LogP contribution in [0.25, 0.3) is 0 Å². The summed E-state index contributed by atoms with van der Waals surface area (Å²) in [4.78, 5) is 3.76. The molecule has 1 aromatic carbocycles. The van der Waals surface area contributed by atoms with E-state index in [1.54, 1.807) is 7.11 Å². The predicted octanol–water partition coefficient (Wildman–Crippen LogP) is 3.57. The lowest BCUT2D eigenvalue weighted by Crippen LogP contribution is -1.98. The zero-order valence-corrected chi connectivity index (χ0v) is 11.3. The molecule has 1 heterocycles. The van der Waals surface area contributed by atoms with E-state index in [-0.39, 0.29) is 12.4 Å². The third-order valence-electron chi connectivity index (χ3n) is 2.34. The van der Waals surface area contributed by atoms with Crippen molar-refractivity contribution in [2.75, 3.05) is 7.11 Å². The fourth-order valence-electron chi connectivity index (χ4n) is 1.39. The molecular weight excluding hydrogens is 301 g/mol. The second-order valence-electron chi connectivity index (χ2n) is 3.57. The quantitative estimate of drug-likeness (QED) is 0.809. The molecule has 3 nitrogen and oxygen atoms in total. The number of ether oxygens (including phenoxy) is 2. The smallest absolute Gasteiger partial charge is 0.183 e. The predicted molar refractivity (Wildman–Crippen MR) is 69.2 cm³/mol. The maximum Gasteiger partial charge on any atom is 0.183 e. The van der Waals surface area contributed by atoms with E-state index in [9.17, 15) is 4.39 Å². The Bertz CT molecular complexity index is 531. The molecule has 0 atom stereocenters. The topological polar surface area (TPSA) is 31.4 Å². The normalized spacial score (nSPS) is 10.2. The van der Waals surface area contributed by atoms with Gasteiger partial charge < -0.3 is 9.47 Å². The van der Waals surface area contributed by atoms with Gasteiger partial charge in [-0.2, -0.15) is 0 Å². The number of halogens is 2. The van der Waals surface area contributed by atoms with Crippen LogP contribution in [0.4, 0.5) is 4.39 Å².